The van der Waals surface area contributed by atoms with Crippen LogP contribution in [-0.2, 0) is 9.59 Å². The average molecular weight is 459 g/mol. The highest BCUT2D eigenvalue weighted by Crippen LogP contribution is 2.38. The molecule has 0 aliphatic carbocycles. The van der Waals surface area contributed by atoms with Gasteiger partial charge in [-0.1, -0.05) is 30.3 Å². The number of methoxy groups -OCH3 is 1. The maximum atomic E-state index is 13.7. The van der Waals surface area contributed by atoms with E-state index >= 15 is 0 Å². The van der Waals surface area contributed by atoms with Gasteiger partial charge in [0.1, 0.15) is 22.9 Å². The molecule has 3 aromatic rings. The van der Waals surface area contributed by atoms with Gasteiger partial charge in [0.15, 0.2) is 0 Å². The molecule has 7 heteroatoms. The van der Waals surface area contributed by atoms with Crippen LogP contribution in [0.3, 0.4) is 0 Å². The Morgan fingerprint density at radius 2 is 1.50 bits per heavy atom. The van der Waals surface area contributed by atoms with Crippen molar-refractivity contribution in [1.29, 1.82) is 0 Å². The number of para-hydroxylation sites is 2. The molecular formula is C27H26N2O5. The molecule has 2 amide bonds. The smallest absolute Gasteiger partial charge is 0.282 e. The molecular weight excluding hydrogens is 432 g/mol. The molecule has 1 aliphatic heterocycles. The zero-order chi connectivity index (χ0) is 24.1. The molecule has 34 heavy (non-hydrogen) atoms. The van der Waals surface area contributed by atoms with Crippen molar-refractivity contribution in [3.05, 3.63) is 84.1 Å². The van der Waals surface area contributed by atoms with Crippen LogP contribution in [0, 0.1) is 0 Å². The zero-order valence-electron chi connectivity index (χ0n) is 19.3. The zero-order valence-corrected chi connectivity index (χ0v) is 19.3. The molecule has 0 saturated carbocycles. The van der Waals surface area contributed by atoms with Crippen LogP contribution in [0.25, 0.3) is 5.57 Å². The number of ether oxygens (including phenoxy) is 3. The third-order valence-electron chi connectivity index (χ3n) is 5.28. The van der Waals surface area contributed by atoms with E-state index in [0.29, 0.717) is 47.4 Å². The number of benzene rings is 3. The Morgan fingerprint density at radius 3 is 2.21 bits per heavy atom. The lowest BCUT2D eigenvalue weighted by atomic mass is 10.0. The van der Waals surface area contributed by atoms with E-state index in [4.69, 9.17) is 14.2 Å². The van der Waals surface area contributed by atoms with E-state index in [0.717, 1.165) is 4.90 Å². The molecule has 1 N–H and O–H groups in total. The molecule has 0 aromatic heterocycles. The quantitative estimate of drug-likeness (QED) is 0.460. The van der Waals surface area contributed by atoms with Gasteiger partial charge in [-0.15, -0.1) is 0 Å². The minimum absolute atomic E-state index is 0.175. The molecule has 7 nitrogen and oxygen atoms in total. The second-order valence-electron chi connectivity index (χ2n) is 7.41. The fourth-order valence-corrected chi connectivity index (χ4v) is 3.81. The number of amides is 2. The number of imide groups is 1. The normalized spacial score (nSPS) is 13.3. The molecule has 0 radical (unpaired) electrons. The molecule has 0 saturated heterocycles. The maximum absolute atomic E-state index is 13.7. The standard InChI is InChI=1S/C27H26N2O5/c1-4-33-20-15-13-18(14-16-20)24-25(28-19-9-8-10-21(17-19)34-5-2)27(31)29(26(24)30)22-11-6-7-12-23(22)32-3/h6-17,28H,4-5H2,1-3H3. The van der Waals surface area contributed by atoms with E-state index in [9.17, 15) is 9.59 Å². The molecule has 1 aliphatic rings. The average Bonchev–Trinajstić information content (AvgIpc) is 3.09. The molecule has 0 atom stereocenters. The van der Waals surface area contributed by atoms with Gasteiger partial charge in [-0.25, -0.2) is 4.90 Å². The van der Waals surface area contributed by atoms with E-state index in [-0.39, 0.29) is 11.3 Å². The predicted octanol–water partition coefficient (Wildman–Crippen LogP) is 4.89. The number of nitrogens with one attached hydrogen (secondary N) is 1. The number of carbonyl (C=O) groups is 2. The first-order valence-corrected chi connectivity index (χ1v) is 11.1. The molecule has 1 heterocycles. The summed E-state index contributed by atoms with van der Waals surface area (Å²) in [5.41, 5.74) is 2.05. The van der Waals surface area contributed by atoms with Crippen LogP contribution in [0.5, 0.6) is 17.2 Å². The Balaban J connectivity index is 1.80. The van der Waals surface area contributed by atoms with Crippen molar-refractivity contribution in [3.8, 4) is 17.2 Å². The van der Waals surface area contributed by atoms with E-state index in [1.807, 2.05) is 32.0 Å². The van der Waals surface area contributed by atoms with Crippen LogP contribution in [0.1, 0.15) is 19.4 Å². The van der Waals surface area contributed by atoms with Crippen molar-refractivity contribution in [3.63, 3.8) is 0 Å². The number of carbonyl (C=O) groups excluding carboxylic acids is 2. The Kier molecular flexibility index (Phi) is 6.82. The summed E-state index contributed by atoms with van der Waals surface area (Å²) >= 11 is 0. The van der Waals surface area contributed by atoms with Crippen molar-refractivity contribution in [2.45, 2.75) is 13.8 Å². The summed E-state index contributed by atoms with van der Waals surface area (Å²) < 4.78 is 16.5. The van der Waals surface area contributed by atoms with Crippen LogP contribution in [0.15, 0.2) is 78.5 Å². The second-order valence-corrected chi connectivity index (χ2v) is 7.41. The summed E-state index contributed by atoms with van der Waals surface area (Å²) in [6.07, 6.45) is 0. The minimum atomic E-state index is -0.472. The van der Waals surface area contributed by atoms with Gasteiger partial charge in [-0.3, -0.25) is 9.59 Å². The summed E-state index contributed by atoms with van der Waals surface area (Å²) in [6.45, 7) is 4.85. The van der Waals surface area contributed by atoms with Crippen molar-refractivity contribution in [2.24, 2.45) is 0 Å². The van der Waals surface area contributed by atoms with E-state index < -0.39 is 11.8 Å². The Labute approximate surface area is 198 Å². The van der Waals surface area contributed by atoms with Gasteiger partial charge in [-0.05, 0) is 55.8 Å². The Bertz CT molecular complexity index is 1230. The van der Waals surface area contributed by atoms with E-state index in [2.05, 4.69) is 5.32 Å². The lowest BCUT2D eigenvalue weighted by Crippen LogP contribution is -2.32. The monoisotopic (exact) mass is 458 g/mol. The van der Waals surface area contributed by atoms with Crippen molar-refractivity contribution in [2.75, 3.05) is 30.5 Å². The molecule has 0 spiro atoms. The maximum Gasteiger partial charge on any atom is 0.282 e. The van der Waals surface area contributed by atoms with Gasteiger partial charge in [0.2, 0.25) is 0 Å². The van der Waals surface area contributed by atoms with Crippen LogP contribution >= 0.6 is 0 Å². The lowest BCUT2D eigenvalue weighted by molar-refractivity contribution is -0.120. The number of rotatable bonds is 9. The number of hydrogen-bond donors (Lipinski definition) is 1. The first-order valence-electron chi connectivity index (χ1n) is 11.1. The highest BCUT2D eigenvalue weighted by Gasteiger charge is 2.41. The van der Waals surface area contributed by atoms with E-state index in [1.165, 1.54) is 7.11 Å². The Morgan fingerprint density at radius 1 is 0.794 bits per heavy atom. The highest BCUT2D eigenvalue weighted by atomic mass is 16.5. The van der Waals surface area contributed by atoms with Crippen molar-refractivity contribution >= 4 is 28.8 Å². The number of nitrogens with zero attached hydrogens (tertiary/aromatic N) is 1. The highest BCUT2D eigenvalue weighted by molar-refractivity contribution is 6.46. The number of anilines is 2. The van der Waals surface area contributed by atoms with Gasteiger partial charge in [0.25, 0.3) is 11.8 Å². The molecule has 0 unspecified atom stereocenters. The Hall–Kier alpha value is -4.26. The number of hydrogen-bond acceptors (Lipinski definition) is 6. The van der Waals surface area contributed by atoms with Crippen LogP contribution in [0.4, 0.5) is 11.4 Å². The molecule has 4 rings (SSSR count). The summed E-state index contributed by atoms with van der Waals surface area (Å²) in [5, 5.41) is 3.16. The predicted molar refractivity (Wildman–Crippen MR) is 131 cm³/mol. The van der Waals surface area contributed by atoms with Gasteiger partial charge < -0.3 is 19.5 Å². The largest absolute Gasteiger partial charge is 0.495 e. The topological polar surface area (TPSA) is 77.1 Å². The third kappa shape index (κ3) is 4.45. The second kappa shape index (κ2) is 10.1. The summed E-state index contributed by atoms with van der Waals surface area (Å²) in [7, 11) is 1.50. The van der Waals surface area contributed by atoms with Gasteiger partial charge >= 0.3 is 0 Å². The fraction of sp³-hybridized carbons (Fsp3) is 0.185. The summed E-state index contributed by atoms with van der Waals surface area (Å²) in [4.78, 5) is 28.4. The summed E-state index contributed by atoms with van der Waals surface area (Å²) in [5.74, 6) is 0.857. The minimum Gasteiger partial charge on any atom is -0.495 e. The van der Waals surface area contributed by atoms with Crippen molar-refractivity contribution < 1.29 is 23.8 Å². The first-order chi connectivity index (χ1) is 16.6. The lowest BCUT2D eigenvalue weighted by Gasteiger charge is -2.18. The summed E-state index contributed by atoms with van der Waals surface area (Å²) in [6, 6.07) is 21.3. The molecule has 3 aromatic carbocycles. The van der Waals surface area contributed by atoms with Crippen LogP contribution in [0.2, 0.25) is 0 Å². The van der Waals surface area contributed by atoms with Crippen LogP contribution < -0.4 is 24.4 Å². The van der Waals surface area contributed by atoms with E-state index in [1.54, 1.807) is 54.6 Å². The third-order valence-corrected chi connectivity index (χ3v) is 5.28. The van der Waals surface area contributed by atoms with Crippen LogP contribution in [-0.4, -0.2) is 32.1 Å². The fourth-order valence-electron chi connectivity index (χ4n) is 3.81. The van der Waals surface area contributed by atoms with Crippen molar-refractivity contribution in [1.82, 2.24) is 0 Å². The van der Waals surface area contributed by atoms with Gasteiger partial charge in [0, 0.05) is 11.8 Å². The SMILES string of the molecule is CCOc1ccc(C2=C(Nc3cccc(OCC)c3)C(=O)N(c3ccccc3OC)C2=O)cc1. The molecule has 0 fully saturated rings. The molecule has 0 bridgehead atoms. The first kappa shape index (κ1) is 22.9. The van der Waals surface area contributed by atoms with Gasteiger partial charge in [0.05, 0.1) is 31.6 Å². The molecule has 174 valence electrons. The van der Waals surface area contributed by atoms with Gasteiger partial charge in [-0.2, -0.15) is 0 Å².